The molecule has 3 saturated heterocycles. The number of rotatable bonds is 5. The number of nitrogens with one attached hydrogen (secondary N) is 2. The maximum atomic E-state index is 13.1. The van der Waals surface area contributed by atoms with Crippen molar-refractivity contribution in [2.24, 2.45) is 11.8 Å². The zero-order chi connectivity index (χ0) is 19.0. The molecule has 3 aliphatic heterocycles. The van der Waals surface area contributed by atoms with Crippen LogP contribution in [0.25, 0.3) is 0 Å². The van der Waals surface area contributed by atoms with Crippen LogP contribution in [0.1, 0.15) is 56.2 Å². The van der Waals surface area contributed by atoms with Crippen molar-refractivity contribution in [2.75, 3.05) is 19.6 Å². The van der Waals surface area contributed by atoms with Crippen molar-refractivity contribution in [1.82, 2.24) is 20.5 Å². The number of hydrogen-bond acceptors (Lipinski definition) is 5. The molecular weight excluding hydrogens is 396 g/mol. The highest BCUT2D eigenvalue weighted by atomic mass is 35.5. The van der Waals surface area contributed by atoms with Crippen LogP contribution in [0.15, 0.2) is 5.38 Å². The number of halogens is 1. The van der Waals surface area contributed by atoms with Crippen LogP contribution in [0.3, 0.4) is 0 Å². The number of thiazole rings is 1. The van der Waals surface area contributed by atoms with Crippen molar-refractivity contribution in [3.63, 3.8) is 0 Å². The molecule has 0 radical (unpaired) electrons. The van der Waals surface area contributed by atoms with E-state index in [2.05, 4.69) is 34.8 Å². The third-order valence-electron chi connectivity index (χ3n) is 6.26. The van der Waals surface area contributed by atoms with Gasteiger partial charge in [0.15, 0.2) is 0 Å². The van der Waals surface area contributed by atoms with Gasteiger partial charge in [-0.2, -0.15) is 0 Å². The molecule has 2 amide bonds. The minimum Gasteiger partial charge on any atom is -0.354 e. The fraction of sp³-hybridized carbons (Fsp3) is 0.750. The molecule has 3 aliphatic rings. The Morgan fingerprint density at radius 3 is 2.93 bits per heavy atom. The molecule has 1 aromatic heterocycles. The van der Waals surface area contributed by atoms with Crippen LogP contribution in [0.5, 0.6) is 0 Å². The van der Waals surface area contributed by atoms with Crippen molar-refractivity contribution in [3.05, 3.63) is 16.1 Å². The van der Waals surface area contributed by atoms with Gasteiger partial charge >= 0.3 is 0 Å². The molecule has 2 bridgehead atoms. The second kappa shape index (κ2) is 9.09. The highest BCUT2D eigenvalue weighted by Crippen LogP contribution is 2.39. The number of nitrogens with zero attached hydrogens (tertiary/aromatic N) is 2. The first-order chi connectivity index (χ1) is 13.0. The third-order valence-corrected chi connectivity index (χ3v) is 7.45. The molecule has 0 aromatic carbocycles. The highest BCUT2D eigenvalue weighted by Gasteiger charge is 2.50. The molecule has 0 aliphatic carbocycles. The summed E-state index contributed by atoms with van der Waals surface area (Å²) in [4.78, 5) is 32.3. The molecule has 4 atom stereocenters. The van der Waals surface area contributed by atoms with E-state index in [1.54, 1.807) is 11.3 Å². The van der Waals surface area contributed by atoms with E-state index in [1.807, 2.05) is 4.90 Å². The number of carbonyl (C=O) groups excluding carboxylic acids is 2. The van der Waals surface area contributed by atoms with Crippen molar-refractivity contribution in [1.29, 1.82) is 0 Å². The third kappa shape index (κ3) is 4.21. The van der Waals surface area contributed by atoms with Crippen molar-refractivity contribution in [2.45, 2.75) is 64.0 Å². The van der Waals surface area contributed by atoms with Crippen LogP contribution in [0, 0.1) is 11.8 Å². The van der Waals surface area contributed by atoms with Crippen LogP contribution in [-0.2, 0) is 16.0 Å². The van der Waals surface area contributed by atoms with E-state index >= 15 is 0 Å². The summed E-state index contributed by atoms with van der Waals surface area (Å²) in [5, 5.41) is 9.82. The summed E-state index contributed by atoms with van der Waals surface area (Å²) < 4.78 is 0. The number of amides is 2. The predicted octanol–water partition coefficient (Wildman–Crippen LogP) is 2.34. The van der Waals surface area contributed by atoms with Gasteiger partial charge in [-0.1, -0.05) is 13.8 Å². The van der Waals surface area contributed by atoms with Crippen molar-refractivity contribution >= 4 is 35.6 Å². The lowest BCUT2D eigenvalue weighted by atomic mass is 9.72. The van der Waals surface area contributed by atoms with Gasteiger partial charge in [0.1, 0.15) is 6.04 Å². The van der Waals surface area contributed by atoms with Gasteiger partial charge in [0, 0.05) is 49.2 Å². The van der Waals surface area contributed by atoms with Crippen LogP contribution < -0.4 is 10.6 Å². The lowest BCUT2D eigenvalue weighted by molar-refractivity contribution is -0.157. The molecule has 2 N–H and O–H groups in total. The van der Waals surface area contributed by atoms with Crippen LogP contribution in [-0.4, -0.2) is 53.4 Å². The number of piperidine rings is 3. The Morgan fingerprint density at radius 1 is 1.39 bits per heavy atom. The van der Waals surface area contributed by atoms with Crippen LogP contribution in [0.2, 0.25) is 0 Å². The molecule has 1 aromatic rings. The van der Waals surface area contributed by atoms with E-state index in [-0.39, 0.29) is 42.2 Å². The standard InChI is InChI=1S/C20H30N4O2S.ClH/c1-12(2)20-23-15(11-27-20)6-7-22-19(26)18-14-8-13(9-21-10-14)16-4-3-5-17(25)24(16)18;/h11-14,16,18,21H,3-10H2,1-2H3,(H,22,26);1H/t13-,14+,16+,18-;/m1./s1. The van der Waals surface area contributed by atoms with Gasteiger partial charge in [0.2, 0.25) is 11.8 Å². The summed E-state index contributed by atoms with van der Waals surface area (Å²) in [5.74, 6) is 1.36. The van der Waals surface area contributed by atoms with E-state index in [0.717, 1.165) is 49.5 Å². The molecule has 156 valence electrons. The predicted molar refractivity (Wildman–Crippen MR) is 113 cm³/mol. The quantitative estimate of drug-likeness (QED) is 0.757. The monoisotopic (exact) mass is 426 g/mol. The van der Waals surface area contributed by atoms with Gasteiger partial charge < -0.3 is 15.5 Å². The van der Waals surface area contributed by atoms with Crippen LogP contribution in [0.4, 0.5) is 0 Å². The van der Waals surface area contributed by atoms with E-state index in [9.17, 15) is 9.59 Å². The van der Waals surface area contributed by atoms with Crippen molar-refractivity contribution < 1.29 is 9.59 Å². The molecule has 0 spiro atoms. The van der Waals surface area contributed by atoms with Crippen molar-refractivity contribution in [3.8, 4) is 0 Å². The number of carbonyl (C=O) groups is 2. The Balaban J connectivity index is 0.00000225. The topological polar surface area (TPSA) is 74.3 Å². The van der Waals surface area contributed by atoms with Gasteiger partial charge in [-0.25, -0.2) is 4.98 Å². The second-order valence-corrected chi connectivity index (χ2v) is 9.38. The summed E-state index contributed by atoms with van der Waals surface area (Å²) >= 11 is 1.69. The summed E-state index contributed by atoms with van der Waals surface area (Å²) in [6.45, 7) is 6.67. The zero-order valence-corrected chi connectivity index (χ0v) is 18.3. The fourth-order valence-electron chi connectivity index (χ4n) is 4.97. The van der Waals surface area contributed by atoms with Crippen LogP contribution >= 0.6 is 23.7 Å². The molecule has 0 saturated carbocycles. The molecule has 3 fully saturated rings. The van der Waals surface area contributed by atoms with E-state index < -0.39 is 0 Å². The Morgan fingerprint density at radius 2 is 2.18 bits per heavy atom. The Hall–Kier alpha value is -1.18. The van der Waals surface area contributed by atoms with Gasteiger partial charge in [-0.15, -0.1) is 23.7 Å². The van der Waals surface area contributed by atoms with E-state index in [1.165, 1.54) is 0 Å². The first-order valence-corrected chi connectivity index (χ1v) is 11.2. The largest absolute Gasteiger partial charge is 0.354 e. The van der Waals surface area contributed by atoms with E-state index in [4.69, 9.17) is 0 Å². The Labute approximate surface area is 177 Å². The summed E-state index contributed by atoms with van der Waals surface area (Å²) in [6.07, 6.45) is 4.38. The second-order valence-electron chi connectivity index (χ2n) is 8.49. The summed E-state index contributed by atoms with van der Waals surface area (Å²) in [5.41, 5.74) is 1.04. The van der Waals surface area contributed by atoms with Gasteiger partial charge in [0.05, 0.1) is 10.7 Å². The SMILES string of the molecule is CC(C)c1nc(CCNC(=O)[C@H]2[C@@H]3CNC[C@@H](C3)[C@@H]3CCCC(=O)N32)cs1.Cl. The maximum Gasteiger partial charge on any atom is 0.243 e. The first kappa shape index (κ1) is 21.5. The zero-order valence-electron chi connectivity index (χ0n) is 16.6. The van der Waals surface area contributed by atoms with Gasteiger partial charge in [0.25, 0.3) is 0 Å². The minimum absolute atomic E-state index is 0. The normalized spacial score (nSPS) is 29.2. The number of aromatic nitrogens is 1. The molecule has 6 nitrogen and oxygen atoms in total. The molecule has 28 heavy (non-hydrogen) atoms. The lowest BCUT2D eigenvalue weighted by Crippen LogP contribution is -2.68. The fourth-order valence-corrected chi connectivity index (χ4v) is 5.84. The highest BCUT2D eigenvalue weighted by molar-refractivity contribution is 7.09. The average molecular weight is 427 g/mol. The first-order valence-electron chi connectivity index (χ1n) is 10.3. The smallest absolute Gasteiger partial charge is 0.243 e. The number of hydrogen-bond donors (Lipinski definition) is 2. The van der Waals surface area contributed by atoms with E-state index in [0.29, 0.717) is 24.8 Å². The maximum absolute atomic E-state index is 13.1. The van der Waals surface area contributed by atoms with Gasteiger partial charge in [-0.05, 0) is 31.7 Å². The van der Waals surface area contributed by atoms with Gasteiger partial charge in [-0.3, -0.25) is 9.59 Å². The average Bonchev–Trinajstić information content (AvgIpc) is 3.12. The molecule has 4 heterocycles. The molecule has 4 rings (SSSR count). The Kier molecular flexibility index (Phi) is 6.99. The minimum atomic E-state index is -0.312. The number of fused-ring (bicyclic) bond motifs is 4. The molecular formula is C20H31ClN4O2S. The Bertz CT molecular complexity index is 710. The molecule has 0 unspecified atom stereocenters. The summed E-state index contributed by atoms with van der Waals surface area (Å²) in [6, 6.07) is -0.0771. The summed E-state index contributed by atoms with van der Waals surface area (Å²) in [7, 11) is 0. The lowest BCUT2D eigenvalue weighted by Gasteiger charge is -2.53. The molecule has 8 heteroatoms.